The summed E-state index contributed by atoms with van der Waals surface area (Å²) in [4.78, 5) is 6.57. The zero-order valence-corrected chi connectivity index (χ0v) is 18.1. The third kappa shape index (κ3) is 8.58. The quantitative estimate of drug-likeness (QED) is 0.316. The number of rotatable bonds is 10. The van der Waals surface area contributed by atoms with Gasteiger partial charge in [0.1, 0.15) is 5.82 Å². The van der Waals surface area contributed by atoms with E-state index in [0.717, 1.165) is 44.2 Å². The predicted molar refractivity (Wildman–Crippen MR) is 117 cm³/mol. The maximum absolute atomic E-state index is 14.6. The third-order valence-electron chi connectivity index (χ3n) is 4.79. The highest BCUT2D eigenvalue weighted by molar-refractivity contribution is 5.79. The number of nitrogens with zero attached hydrogens (tertiary/aromatic N) is 2. The molecule has 29 heavy (non-hydrogen) atoms. The largest absolute Gasteiger partial charge is 0.393 e. The van der Waals surface area contributed by atoms with Crippen LogP contribution in [-0.4, -0.2) is 56.6 Å². The number of halogens is 1. The average molecular weight is 409 g/mol. The zero-order valence-electron chi connectivity index (χ0n) is 18.1. The van der Waals surface area contributed by atoms with Crippen molar-refractivity contribution in [1.82, 2.24) is 10.6 Å². The minimum absolute atomic E-state index is 0.227. The van der Waals surface area contributed by atoms with Gasteiger partial charge in [0.15, 0.2) is 5.96 Å². The number of aliphatic imine (C=N–C) groups is 1. The van der Waals surface area contributed by atoms with E-state index in [-0.39, 0.29) is 11.9 Å². The van der Waals surface area contributed by atoms with Crippen LogP contribution in [-0.2, 0) is 11.3 Å². The van der Waals surface area contributed by atoms with Gasteiger partial charge in [-0.25, -0.2) is 9.38 Å². The fourth-order valence-corrected chi connectivity index (χ4v) is 3.22. The lowest BCUT2D eigenvalue weighted by atomic mass is 10.1. The van der Waals surface area contributed by atoms with E-state index in [1.165, 1.54) is 0 Å². The zero-order chi connectivity index (χ0) is 21.1. The van der Waals surface area contributed by atoms with E-state index in [0.29, 0.717) is 44.1 Å². The summed E-state index contributed by atoms with van der Waals surface area (Å²) in [5, 5.41) is 16.1. The first-order chi connectivity index (χ1) is 14.0. The first-order valence-corrected chi connectivity index (χ1v) is 10.8. The van der Waals surface area contributed by atoms with E-state index < -0.39 is 0 Å². The summed E-state index contributed by atoms with van der Waals surface area (Å²) in [6.07, 6.45) is 2.02. The van der Waals surface area contributed by atoms with Crippen molar-refractivity contribution in [2.45, 2.75) is 52.7 Å². The van der Waals surface area contributed by atoms with E-state index in [9.17, 15) is 9.50 Å². The molecule has 0 unspecified atom stereocenters. The Kier molecular flexibility index (Phi) is 10.2. The number of guanidine groups is 1. The second kappa shape index (κ2) is 12.6. The van der Waals surface area contributed by atoms with Crippen molar-refractivity contribution in [3.8, 4) is 0 Å². The van der Waals surface area contributed by atoms with Gasteiger partial charge in [0.05, 0.1) is 18.3 Å². The molecular formula is C22H37FN4O2. The molecule has 7 heteroatoms. The van der Waals surface area contributed by atoms with Crippen LogP contribution in [0.4, 0.5) is 10.1 Å². The Labute approximate surface area is 174 Å². The van der Waals surface area contributed by atoms with Crippen molar-refractivity contribution in [2.75, 3.05) is 44.3 Å². The number of hydrogen-bond acceptors (Lipinski definition) is 4. The summed E-state index contributed by atoms with van der Waals surface area (Å²) >= 11 is 0. The molecule has 3 N–H and O–H groups in total. The summed E-state index contributed by atoms with van der Waals surface area (Å²) in [5.74, 6) is 1.05. The van der Waals surface area contributed by atoms with Gasteiger partial charge in [-0.15, -0.1) is 0 Å². The van der Waals surface area contributed by atoms with Gasteiger partial charge >= 0.3 is 0 Å². The normalized spacial score (nSPS) is 15.8. The van der Waals surface area contributed by atoms with Gasteiger partial charge < -0.3 is 25.4 Å². The number of hydrogen-bond donors (Lipinski definition) is 3. The maximum Gasteiger partial charge on any atom is 0.191 e. The minimum atomic E-state index is -0.262. The standard InChI is InChI=1S/C22H37FN4O2/c1-4-24-22(25-10-5-13-29-16-17(2)3)26-15-18-6-7-21(20(23)14-18)27-11-8-19(28)9-12-27/h6-7,14,17,19,28H,4-5,8-13,15-16H2,1-3H3,(H2,24,25,26). The SMILES string of the molecule is CCNC(=NCc1ccc(N2CCC(O)CC2)c(F)c1)NCCCOCC(C)C. The topological polar surface area (TPSA) is 69.1 Å². The molecule has 0 atom stereocenters. The molecule has 1 aliphatic heterocycles. The lowest BCUT2D eigenvalue weighted by molar-refractivity contribution is 0.108. The van der Waals surface area contributed by atoms with Gasteiger partial charge in [-0.1, -0.05) is 19.9 Å². The number of aliphatic hydroxyl groups is 1. The molecule has 0 amide bonds. The Morgan fingerprint density at radius 3 is 2.72 bits per heavy atom. The smallest absolute Gasteiger partial charge is 0.191 e. The molecule has 0 spiro atoms. The van der Waals surface area contributed by atoms with Crippen molar-refractivity contribution in [3.63, 3.8) is 0 Å². The highest BCUT2D eigenvalue weighted by atomic mass is 19.1. The molecule has 1 heterocycles. The molecule has 1 saturated heterocycles. The molecule has 1 fully saturated rings. The monoisotopic (exact) mass is 408 g/mol. The Morgan fingerprint density at radius 1 is 1.31 bits per heavy atom. The average Bonchev–Trinajstić information content (AvgIpc) is 2.69. The second-order valence-corrected chi connectivity index (χ2v) is 7.95. The molecule has 2 rings (SSSR count). The van der Waals surface area contributed by atoms with Gasteiger partial charge in [0.25, 0.3) is 0 Å². The summed E-state index contributed by atoms with van der Waals surface area (Å²) in [6, 6.07) is 5.31. The highest BCUT2D eigenvalue weighted by Crippen LogP contribution is 2.24. The van der Waals surface area contributed by atoms with Gasteiger partial charge in [-0.05, 0) is 49.8 Å². The van der Waals surface area contributed by atoms with Crippen LogP contribution in [0.3, 0.4) is 0 Å². The van der Waals surface area contributed by atoms with E-state index in [2.05, 4.69) is 29.5 Å². The number of anilines is 1. The fourth-order valence-electron chi connectivity index (χ4n) is 3.22. The molecule has 6 nitrogen and oxygen atoms in total. The van der Waals surface area contributed by atoms with Gasteiger partial charge in [0, 0.05) is 39.4 Å². The molecule has 1 aromatic rings. The lowest BCUT2D eigenvalue weighted by Crippen LogP contribution is -2.38. The van der Waals surface area contributed by atoms with Crippen LogP contribution in [0.2, 0.25) is 0 Å². The van der Waals surface area contributed by atoms with Crippen LogP contribution in [0, 0.1) is 11.7 Å². The number of piperidine rings is 1. The van der Waals surface area contributed by atoms with Crippen LogP contribution in [0.5, 0.6) is 0 Å². The second-order valence-electron chi connectivity index (χ2n) is 7.95. The third-order valence-corrected chi connectivity index (χ3v) is 4.79. The Hall–Kier alpha value is -1.86. The van der Waals surface area contributed by atoms with E-state index in [1.54, 1.807) is 6.07 Å². The summed E-state index contributed by atoms with van der Waals surface area (Å²) in [6.45, 7) is 11.1. The van der Waals surface area contributed by atoms with Crippen LogP contribution in [0.25, 0.3) is 0 Å². The lowest BCUT2D eigenvalue weighted by Gasteiger charge is -2.31. The van der Waals surface area contributed by atoms with E-state index >= 15 is 0 Å². The van der Waals surface area contributed by atoms with Crippen LogP contribution >= 0.6 is 0 Å². The molecule has 164 valence electrons. The highest BCUT2D eigenvalue weighted by Gasteiger charge is 2.19. The van der Waals surface area contributed by atoms with Crippen molar-refractivity contribution >= 4 is 11.6 Å². The number of aliphatic hydroxyl groups excluding tert-OH is 1. The molecule has 0 aromatic heterocycles. The van der Waals surface area contributed by atoms with Crippen LogP contribution < -0.4 is 15.5 Å². The van der Waals surface area contributed by atoms with Crippen molar-refractivity contribution in [2.24, 2.45) is 10.9 Å². The molecular weight excluding hydrogens is 371 g/mol. The summed E-state index contributed by atoms with van der Waals surface area (Å²) < 4.78 is 20.2. The van der Waals surface area contributed by atoms with Gasteiger partial charge in [0.2, 0.25) is 0 Å². The van der Waals surface area contributed by atoms with E-state index in [1.807, 2.05) is 24.0 Å². The molecule has 0 saturated carbocycles. The van der Waals surface area contributed by atoms with E-state index in [4.69, 9.17) is 4.74 Å². The molecule has 0 aliphatic carbocycles. The molecule has 1 aliphatic rings. The van der Waals surface area contributed by atoms with Gasteiger partial charge in [-0.2, -0.15) is 0 Å². The van der Waals surface area contributed by atoms with Crippen molar-refractivity contribution in [3.05, 3.63) is 29.6 Å². The van der Waals surface area contributed by atoms with Crippen molar-refractivity contribution < 1.29 is 14.2 Å². The van der Waals surface area contributed by atoms with Crippen LogP contribution in [0.1, 0.15) is 45.6 Å². The molecule has 0 radical (unpaired) electrons. The maximum atomic E-state index is 14.6. The first kappa shape index (κ1) is 23.4. The first-order valence-electron chi connectivity index (χ1n) is 10.8. The van der Waals surface area contributed by atoms with Gasteiger partial charge in [-0.3, -0.25) is 0 Å². The Bertz CT molecular complexity index is 631. The number of benzene rings is 1. The fraction of sp³-hybridized carbons (Fsp3) is 0.682. The predicted octanol–water partition coefficient (Wildman–Crippen LogP) is 2.90. The Balaban J connectivity index is 1.84. The summed E-state index contributed by atoms with van der Waals surface area (Å²) in [7, 11) is 0. The van der Waals surface area contributed by atoms with Crippen molar-refractivity contribution in [1.29, 1.82) is 0 Å². The number of ether oxygens (including phenoxy) is 1. The van der Waals surface area contributed by atoms with Crippen LogP contribution in [0.15, 0.2) is 23.2 Å². The molecule has 1 aromatic carbocycles. The Morgan fingerprint density at radius 2 is 2.07 bits per heavy atom. The number of nitrogens with one attached hydrogen (secondary N) is 2. The molecule has 0 bridgehead atoms. The summed E-state index contributed by atoms with van der Waals surface area (Å²) in [5.41, 5.74) is 1.44. The minimum Gasteiger partial charge on any atom is -0.393 e.